The average Bonchev–Trinajstić information content (AvgIpc) is 2.81. The molecule has 0 aliphatic heterocycles. The van der Waals surface area contributed by atoms with Gasteiger partial charge in [0.15, 0.2) is 0 Å². The molecule has 0 aliphatic rings. The zero-order chi connectivity index (χ0) is 14.3. The van der Waals surface area contributed by atoms with Gasteiger partial charge in [-0.2, -0.15) is 0 Å². The van der Waals surface area contributed by atoms with Crippen molar-refractivity contribution in [1.29, 1.82) is 0 Å². The summed E-state index contributed by atoms with van der Waals surface area (Å²) in [4.78, 5) is 0. The van der Waals surface area contributed by atoms with Gasteiger partial charge in [-0.05, 0) is 34.5 Å². The fourth-order valence-corrected chi connectivity index (χ4v) is 4.00. The Hall–Kier alpha value is -0.970. The van der Waals surface area contributed by atoms with Crippen LogP contribution in [0.2, 0.25) is 0 Å². The predicted octanol–water partition coefficient (Wildman–Crippen LogP) is 6.27. The second-order valence-electron chi connectivity index (χ2n) is 4.33. The van der Waals surface area contributed by atoms with E-state index in [1.54, 1.807) is 0 Å². The lowest BCUT2D eigenvalue weighted by Gasteiger charge is -2.12. The Morgan fingerprint density at radius 1 is 1.10 bits per heavy atom. The van der Waals surface area contributed by atoms with Gasteiger partial charge in [0.1, 0.15) is 11.6 Å². The molecule has 0 fully saturated rings. The summed E-state index contributed by atoms with van der Waals surface area (Å²) in [6, 6.07) is 10.1. The van der Waals surface area contributed by atoms with Crippen LogP contribution in [-0.4, -0.2) is 0 Å². The Bertz CT molecular complexity index is 761. The normalized spacial score (nSPS) is 12.8. The van der Waals surface area contributed by atoms with Crippen molar-refractivity contribution < 1.29 is 8.78 Å². The molecule has 0 N–H and O–H groups in total. The van der Waals surface area contributed by atoms with Gasteiger partial charge in [-0.1, -0.05) is 34.1 Å². The Balaban J connectivity index is 2.16. The van der Waals surface area contributed by atoms with Crippen molar-refractivity contribution in [2.75, 3.05) is 0 Å². The molecule has 102 valence electrons. The van der Waals surface area contributed by atoms with Crippen LogP contribution in [0.4, 0.5) is 8.78 Å². The zero-order valence-corrected chi connectivity index (χ0v) is 13.2. The minimum atomic E-state index is -0.848. The quantitative estimate of drug-likeness (QED) is 0.464. The summed E-state index contributed by atoms with van der Waals surface area (Å²) in [7, 11) is 0. The molecule has 0 aliphatic carbocycles. The SMILES string of the molecule is Fc1cc(Br)cc(F)c1C(Cl)c1csc2ccccc12. The van der Waals surface area contributed by atoms with Gasteiger partial charge >= 0.3 is 0 Å². The number of hydrogen-bond acceptors (Lipinski definition) is 1. The van der Waals surface area contributed by atoms with E-state index in [4.69, 9.17) is 11.6 Å². The van der Waals surface area contributed by atoms with Crippen molar-refractivity contribution >= 4 is 49.0 Å². The fourth-order valence-electron chi connectivity index (χ4n) is 2.15. The molecule has 0 radical (unpaired) electrons. The van der Waals surface area contributed by atoms with Gasteiger partial charge in [0, 0.05) is 14.7 Å². The van der Waals surface area contributed by atoms with Crippen molar-refractivity contribution in [1.82, 2.24) is 0 Å². The summed E-state index contributed by atoms with van der Waals surface area (Å²) < 4.78 is 29.4. The summed E-state index contributed by atoms with van der Waals surface area (Å²) in [6.45, 7) is 0. The number of alkyl halides is 1. The molecule has 0 bridgehead atoms. The van der Waals surface area contributed by atoms with E-state index in [0.29, 0.717) is 4.47 Å². The number of thiophene rings is 1. The van der Waals surface area contributed by atoms with E-state index in [9.17, 15) is 8.78 Å². The molecule has 2 aromatic carbocycles. The molecular weight excluding hydrogens is 366 g/mol. The minimum Gasteiger partial charge on any atom is -0.206 e. The summed E-state index contributed by atoms with van der Waals surface area (Å²) in [5.74, 6) is -1.29. The lowest BCUT2D eigenvalue weighted by atomic mass is 10.0. The second kappa shape index (κ2) is 5.43. The van der Waals surface area contributed by atoms with Crippen molar-refractivity contribution in [3.63, 3.8) is 0 Å². The van der Waals surface area contributed by atoms with Crippen molar-refractivity contribution in [2.45, 2.75) is 5.38 Å². The maximum Gasteiger partial charge on any atom is 0.132 e. The van der Waals surface area contributed by atoms with Gasteiger partial charge in [-0.3, -0.25) is 0 Å². The smallest absolute Gasteiger partial charge is 0.132 e. The van der Waals surface area contributed by atoms with Crippen LogP contribution in [0.1, 0.15) is 16.5 Å². The topological polar surface area (TPSA) is 0 Å². The molecule has 3 rings (SSSR count). The van der Waals surface area contributed by atoms with Crippen LogP contribution in [0.25, 0.3) is 10.1 Å². The van der Waals surface area contributed by atoms with Gasteiger partial charge < -0.3 is 0 Å². The molecule has 0 saturated carbocycles. The summed E-state index contributed by atoms with van der Waals surface area (Å²) >= 11 is 10.9. The highest BCUT2D eigenvalue weighted by atomic mass is 79.9. The second-order valence-corrected chi connectivity index (χ2v) is 6.60. The van der Waals surface area contributed by atoms with Crippen LogP contribution in [-0.2, 0) is 0 Å². The van der Waals surface area contributed by atoms with E-state index in [0.717, 1.165) is 15.6 Å². The molecule has 3 aromatic rings. The monoisotopic (exact) mass is 372 g/mol. The van der Waals surface area contributed by atoms with Gasteiger partial charge in [0.25, 0.3) is 0 Å². The molecule has 0 nitrogen and oxygen atoms in total. The average molecular weight is 374 g/mol. The first kappa shape index (κ1) is 14.0. The first-order valence-electron chi connectivity index (χ1n) is 5.82. The van der Waals surface area contributed by atoms with E-state index >= 15 is 0 Å². The molecule has 0 amide bonds. The molecular formula is C15H8BrClF2S. The Labute approximate surface area is 132 Å². The van der Waals surface area contributed by atoms with E-state index < -0.39 is 17.0 Å². The van der Waals surface area contributed by atoms with Gasteiger partial charge in [0.05, 0.1) is 5.38 Å². The van der Waals surface area contributed by atoms with Crippen LogP contribution in [0.15, 0.2) is 46.3 Å². The molecule has 20 heavy (non-hydrogen) atoms. The third-order valence-corrected chi connectivity index (χ3v) is 4.97. The maximum atomic E-state index is 14.0. The van der Waals surface area contributed by atoms with E-state index in [-0.39, 0.29) is 5.56 Å². The van der Waals surface area contributed by atoms with Crippen LogP contribution in [0.5, 0.6) is 0 Å². The fraction of sp³-hybridized carbons (Fsp3) is 0.0667. The van der Waals surface area contributed by atoms with Crippen LogP contribution in [0.3, 0.4) is 0 Å². The third kappa shape index (κ3) is 2.36. The van der Waals surface area contributed by atoms with Crippen molar-refractivity contribution in [2.24, 2.45) is 0 Å². The first-order valence-corrected chi connectivity index (χ1v) is 7.93. The highest BCUT2D eigenvalue weighted by Crippen LogP contribution is 2.39. The van der Waals surface area contributed by atoms with Gasteiger partial charge in [-0.25, -0.2) is 8.78 Å². The first-order chi connectivity index (χ1) is 9.58. The van der Waals surface area contributed by atoms with E-state index in [2.05, 4.69) is 15.9 Å². The molecule has 0 spiro atoms. The molecule has 1 heterocycles. The van der Waals surface area contributed by atoms with Crippen LogP contribution in [0, 0.1) is 11.6 Å². The largest absolute Gasteiger partial charge is 0.206 e. The number of benzene rings is 2. The summed E-state index contributed by atoms with van der Waals surface area (Å²) in [5, 5.41) is 1.93. The highest BCUT2D eigenvalue weighted by Gasteiger charge is 2.23. The number of halogens is 4. The van der Waals surface area contributed by atoms with Crippen LogP contribution < -0.4 is 0 Å². The van der Waals surface area contributed by atoms with E-state index in [1.807, 2.05) is 29.6 Å². The molecule has 1 unspecified atom stereocenters. The molecule has 1 atom stereocenters. The lowest BCUT2D eigenvalue weighted by molar-refractivity contribution is 0.558. The Kier molecular flexibility index (Phi) is 3.80. The predicted molar refractivity (Wildman–Crippen MR) is 83.6 cm³/mol. The minimum absolute atomic E-state index is 0.113. The summed E-state index contributed by atoms with van der Waals surface area (Å²) in [5.41, 5.74) is 0.616. The van der Waals surface area contributed by atoms with Crippen molar-refractivity contribution in [3.8, 4) is 0 Å². The number of rotatable bonds is 2. The van der Waals surface area contributed by atoms with Crippen molar-refractivity contribution in [3.05, 3.63) is 69.0 Å². The highest BCUT2D eigenvalue weighted by molar-refractivity contribution is 9.10. The van der Waals surface area contributed by atoms with E-state index in [1.165, 1.54) is 23.5 Å². The Morgan fingerprint density at radius 3 is 2.45 bits per heavy atom. The maximum absolute atomic E-state index is 14.0. The molecule has 5 heteroatoms. The van der Waals surface area contributed by atoms with Crippen LogP contribution >= 0.6 is 38.9 Å². The standard InChI is InChI=1S/C15H8BrClF2S/c16-8-5-11(18)14(12(19)6-8)15(17)10-7-20-13-4-2-1-3-9(10)13/h1-7,15H. The third-order valence-electron chi connectivity index (χ3n) is 3.08. The Morgan fingerprint density at radius 2 is 1.75 bits per heavy atom. The number of hydrogen-bond donors (Lipinski definition) is 0. The molecule has 0 saturated heterocycles. The zero-order valence-electron chi connectivity index (χ0n) is 10.0. The molecule has 1 aromatic heterocycles. The number of fused-ring (bicyclic) bond motifs is 1. The summed E-state index contributed by atoms with van der Waals surface area (Å²) in [6.07, 6.45) is 0. The van der Waals surface area contributed by atoms with Gasteiger partial charge in [-0.15, -0.1) is 22.9 Å². The lowest BCUT2D eigenvalue weighted by Crippen LogP contribution is -2.00. The van der Waals surface area contributed by atoms with Gasteiger partial charge in [0.2, 0.25) is 0 Å².